The Balaban J connectivity index is 1.15. The van der Waals surface area contributed by atoms with Gasteiger partial charge in [-0.2, -0.15) is 19.8 Å². The number of nitrogens with zero attached hydrogens (tertiary/aromatic N) is 9. The van der Waals surface area contributed by atoms with Gasteiger partial charge in [0, 0.05) is 56.5 Å². The van der Waals surface area contributed by atoms with E-state index in [0.717, 1.165) is 18.4 Å². The zero-order valence-corrected chi connectivity index (χ0v) is 33.5. The van der Waals surface area contributed by atoms with Gasteiger partial charge in [0.25, 0.3) is 10.0 Å². The van der Waals surface area contributed by atoms with Crippen LogP contribution in [0.25, 0.3) is 39.0 Å². The van der Waals surface area contributed by atoms with Gasteiger partial charge in [0.15, 0.2) is 10.8 Å². The van der Waals surface area contributed by atoms with Crippen molar-refractivity contribution in [1.82, 2.24) is 37.6 Å². The fraction of sp³-hybridized carbons (Fsp3) is 0.333. The molecule has 4 aromatic heterocycles. The third-order valence-corrected chi connectivity index (χ3v) is 13.5. The average molecular weight is 806 g/mol. The van der Waals surface area contributed by atoms with Crippen LogP contribution < -0.4 is 5.69 Å². The van der Waals surface area contributed by atoms with Crippen LogP contribution in [0.4, 0.5) is 8.78 Å². The van der Waals surface area contributed by atoms with E-state index in [0.29, 0.717) is 51.1 Å². The molecule has 6 heterocycles. The van der Waals surface area contributed by atoms with E-state index in [9.17, 15) is 22.9 Å². The van der Waals surface area contributed by atoms with Crippen molar-refractivity contribution in [2.45, 2.75) is 76.6 Å². The first-order valence-electron chi connectivity index (χ1n) is 19.1. The highest BCUT2D eigenvalue weighted by Gasteiger charge is 2.37. The summed E-state index contributed by atoms with van der Waals surface area (Å²) in [5.74, 6) is -0.515. The normalized spacial score (nSPS) is 17.2. The van der Waals surface area contributed by atoms with Crippen LogP contribution in [-0.2, 0) is 41.3 Å². The second-order valence-electron chi connectivity index (χ2n) is 15.9. The van der Waals surface area contributed by atoms with Gasteiger partial charge >= 0.3 is 5.69 Å². The number of aryl methyl sites for hydroxylation is 3. The number of benzene rings is 3. The summed E-state index contributed by atoms with van der Waals surface area (Å²) < 4.78 is 74.8. The van der Waals surface area contributed by atoms with E-state index in [1.54, 1.807) is 49.8 Å². The minimum absolute atomic E-state index is 0.0101. The lowest BCUT2D eigenvalue weighted by Gasteiger charge is -2.35. The Labute approximate surface area is 332 Å². The molecule has 13 nitrogen and oxygen atoms in total. The number of sulfonamides is 1. The fourth-order valence-corrected chi connectivity index (χ4v) is 10.3. The summed E-state index contributed by atoms with van der Waals surface area (Å²) in [6.07, 6.45) is 6.22. The lowest BCUT2D eigenvalue weighted by molar-refractivity contribution is -0.0592. The van der Waals surface area contributed by atoms with Crippen molar-refractivity contribution >= 4 is 31.8 Å². The first-order chi connectivity index (χ1) is 27.7. The molecular formula is C42H41F2N9O4S. The molecular weight excluding hydrogens is 765 g/mol. The number of hydrogen-bond donors (Lipinski definition) is 0. The molecule has 3 aromatic carbocycles. The molecule has 2 aliphatic rings. The topological polar surface area (TPSA) is 138 Å². The van der Waals surface area contributed by atoms with Crippen LogP contribution in [0.1, 0.15) is 60.6 Å². The largest absolute Gasteiger partial charge is 0.376 e. The Morgan fingerprint density at radius 2 is 1.74 bits per heavy atom. The summed E-state index contributed by atoms with van der Waals surface area (Å²) in [5, 5.41) is 19.9. The van der Waals surface area contributed by atoms with Crippen LogP contribution in [-0.4, -0.2) is 64.7 Å². The SMILES string of the molecule is Cc1cc(-n2nc3c(c2-n2ccn(-c4ccc5c(cnn5C)c4F)c2=O)CN(S(=O)(=O)c2cc4cc([C@H]5CCOC(C)(C)C5)ccc4n2CC#N)CC3)cc(C)c1F. The van der Waals surface area contributed by atoms with Gasteiger partial charge in [0.1, 0.15) is 18.2 Å². The summed E-state index contributed by atoms with van der Waals surface area (Å²) in [4.78, 5) is 14.4. The number of ether oxygens (including phenoxy) is 1. The van der Waals surface area contributed by atoms with Crippen LogP contribution in [0.15, 0.2) is 76.9 Å². The van der Waals surface area contributed by atoms with Gasteiger partial charge in [-0.15, -0.1) is 0 Å². The summed E-state index contributed by atoms with van der Waals surface area (Å²) in [6, 6.07) is 16.1. The van der Waals surface area contributed by atoms with Crippen molar-refractivity contribution in [3.05, 3.63) is 117 Å². The van der Waals surface area contributed by atoms with Crippen LogP contribution in [0.3, 0.4) is 0 Å². The Morgan fingerprint density at radius 1 is 1.00 bits per heavy atom. The van der Waals surface area contributed by atoms with Crippen LogP contribution in [0.2, 0.25) is 0 Å². The maximum Gasteiger partial charge on any atom is 0.338 e. The molecule has 58 heavy (non-hydrogen) atoms. The monoisotopic (exact) mass is 805 g/mol. The average Bonchev–Trinajstić information content (AvgIpc) is 3.96. The molecule has 0 aliphatic carbocycles. The fourth-order valence-electron chi connectivity index (χ4n) is 8.72. The molecule has 1 atom stereocenters. The van der Waals surface area contributed by atoms with E-state index >= 15 is 4.39 Å². The highest BCUT2D eigenvalue weighted by Crippen LogP contribution is 2.38. The molecule has 7 aromatic rings. The van der Waals surface area contributed by atoms with Gasteiger partial charge in [0.2, 0.25) is 0 Å². The zero-order chi connectivity index (χ0) is 40.8. The van der Waals surface area contributed by atoms with Gasteiger partial charge < -0.3 is 9.30 Å². The predicted molar refractivity (Wildman–Crippen MR) is 213 cm³/mol. The Bertz CT molecular complexity index is 3010. The van der Waals surface area contributed by atoms with Gasteiger partial charge in [-0.3, -0.25) is 13.8 Å². The molecule has 1 fully saturated rings. The summed E-state index contributed by atoms with van der Waals surface area (Å²) in [5.41, 5.74) is 3.61. The maximum absolute atomic E-state index is 15.9. The van der Waals surface area contributed by atoms with E-state index < -0.39 is 21.5 Å². The molecule has 0 bridgehead atoms. The van der Waals surface area contributed by atoms with Gasteiger partial charge in [-0.25, -0.2) is 26.7 Å². The number of hydrogen-bond acceptors (Lipinski definition) is 7. The Kier molecular flexibility index (Phi) is 8.84. The molecule has 0 amide bonds. The van der Waals surface area contributed by atoms with E-state index in [2.05, 4.69) is 25.0 Å². The quantitative estimate of drug-likeness (QED) is 0.180. The standard InChI is InChI=1S/C42H41F2N9O4S/c1-25-18-30(19-26(2)38(25)43)53-40(52-16-15-51(41(52)54)36-9-8-35-31(39(36)44)23-46-48(35)5)32-24-49(13-10-33(32)47-53)58(55,56)37-21-29-20-27(6-7-34(29)50(37)14-12-45)28-11-17-57-42(3,4)22-28/h6-9,15-16,18-21,23,28H,10-11,13-14,17,22,24H2,1-5H3/t28-/m0/s1. The Morgan fingerprint density at radius 3 is 2.48 bits per heavy atom. The number of rotatable bonds is 7. The third-order valence-electron chi connectivity index (χ3n) is 11.6. The number of aromatic nitrogens is 7. The Hall–Kier alpha value is -5.89. The van der Waals surface area contributed by atoms with E-state index in [-0.39, 0.29) is 65.3 Å². The molecule has 1 saturated heterocycles. The molecule has 0 saturated carbocycles. The highest BCUT2D eigenvalue weighted by molar-refractivity contribution is 7.89. The minimum atomic E-state index is -4.23. The third kappa shape index (κ3) is 5.98. The molecule has 0 N–H and O–H groups in total. The number of imidazole rings is 1. The second-order valence-corrected chi connectivity index (χ2v) is 17.8. The van der Waals surface area contributed by atoms with Crippen molar-refractivity contribution in [3.8, 4) is 23.3 Å². The summed E-state index contributed by atoms with van der Waals surface area (Å²) in [6.45, 7) is 7.79. The van der Waals surface area contributed by atoms with Gasteiger partial charge in [-0.05, 0) is 106 Å². The molecule has 0 spiro atoms. The first kappa shape index (κ1) is 37.7. The van der Waals surface area contributed by atoms with Crippen molar-refractivity contribution < 1.29 is 21.9 Å². The molecule has 0 radical (unpaired) electrons. The molecule has 0 unspecified atom stereocenters. The number of fused-ring (bicyclic) bond motifs is 3. The van der Waals surface area contributed by atoms with Crippen LogP contribution in [0.5, 0.6) is 0 Å². The van der Waals surface area contributed by atoms with E-state index in [1.165, 1.54) is 47.3 Å². The first-order valence-corrected chi connectivity index (χ1v) is 20.5. The second kappa shape index (κ2) is 13.6. The van der Waals surface area contributed by atoms with Crippen LogP contribution >= 0.6 is 0 Å². The zero-order valence-electron chi connectivity index (χ0n) is 32.7. The minimum Gasteiger partial charge on any atom is -0.376 e. The van der Waals surface area contributed by atoms with Gasteiger partial charge in [0.05, 0.1) is 51.4 Å². The number of halogens is 2. The number of nitriles is 1. The predicted octanol–water partition coefficient (Wildman–Crippen LogP) is 6.49. The van der Waals surface area contributed by atoms with Crippen molar-refractivity contribution in [1.29, 1.82) is 5.26 Å². The molecule has 2 aliphatic heterocycles. The molecule has 298 valence electrons. The van der Waals surface area contributed by atoms with E-state index in [4.69, 9.17) is 9.84 Å². The lowest BCUT2D eigenvalue weighted by atomic mass is 9.83. The van der Waals surface area contributed by atoms with Gasteiger partial charge in [-0.1, -0.05) is 6.07 Å². The summed E-state index contributed by atoms with van der Waals surface area (Å²) in [7, 11) is -2.53. The van der Waals surface area contributed by atoms with E-state index in [1.807, 2.05) is 18.2 Å². The summed E-state index contributed by atoms with van der Waals surface area (Å²) >= 11 is 0. The smallest absolute Gasteiger partial charge is 0.338 e. The molecule has 9 rings (SSSR count). The molecule has 16 heteroatoms. The van der Waals surface area contributed by atoms with Crippen LogP contribution in [0, 0.1) is 36.8 Å². The maximum atomic E-state index is 15.9. The lowest BCUT2D eigenvalue weighted by Crippen LogP contribution is -2.37. The highest BCUT2D eigenvalue weighted by atomic mass is 32.2. The van der Waals surface area contributed by atoms with Crippen molar-refractivity contribution in [2.75, 3.05) is 13.2 Å². The van der Waals surface area contributed by atoms with Crippen molar-refractivity contribution in [3.63, 3.8) is 0 Å². The van der Waals surface area contributed by atoms with Crippen molar-refractivity contribution in [2.24, 2.45) is 7.05 Å².